The molecule has 0 aliphatic carbocycles. The number of carbonyl (C=O) groups is 2. The van der Waals surface area contributed by atoms with Crippen LogP contribution in [0, 0.1) is 5.92 Å². The van der Waals surface area contributed by atoms with E-state index in [2.05, 4.69) is 20.5 Å². The average molecular weight is 389 g/mol. The number of piperidine rings is 1. The Morgan fingerprint density at radius 1 is 1.00 bits per heavy atom. The van der Waals surface area contributed by atoms with Crippen LogP contribution < -0.4 is 5.32 Å². The molecule has 1 unspecified atom stereocenters. The van der Waals surface area contributed by atoms with Crippen LogP contribution in [0.3, 0.4) is 0 Å². The van der Waals surface area contributed by atoms with Crippen molar-refractivity contribution in [2.24, 2.45) is 5.92 Å². The van der Waals surface area contributed by atoms with E-state index in [0.29, 0.717) is 37.3 Å². The smallest absolute Gasteiger partial charge is 0.253 e. The Morgan fingerprint density at radius 3 is 2.28 bits per heavy atom. The number of amides is 2. The van der Waals surface area contributed by atoms with Gasteiger partial charge in [-0.25, -0.2) is 4.98 Å². The minimum Gasteiger partial charge on any atom is -0.342 e. The molecule has 148 valence electrons. The maximum Gasteiger partial charge on any atom is 0.253 e. The minimum absolute atomic E-state index is 0.0216. The van der Waals surface area contributed by atoms with Gasteiger partial charge in [0.2, 0.25) is 5.91 Å². The molecule has 0 spiro atoms. The summed E-state index contributed by atoms with van der Waals surface area (Å²) in [4.78, 5) is 31.6. The summed E-state index contributed by atoms with van der Waals surface area (Å²) in [5, 5.41) is 9.88. The number of aromatic nitrogens is 3. The highest BCUT2D eigenvalue weighted by Gasteiger charge is 2.30. The van der Waals surface area contributed by atoms with Gasteiger partial charge in [-0.15, -0.1) is 0 Å². The van der Waals surface area contributed by atoms with Crippen molar-refractivity contribution in [3.05, 3.63) is 83.9 Å². The molecule has 1 aromatic heterocycles. The van der Waals surface area contributed by atoms with Gasteiger partial charge in [-0.05, 0) is 30.5 Å². The Morgan fingerprint density at radius 2 is 1.66 bits per heavy atom. The van der Waals surface area contributed by atoms with Gasteiger partial charge in [0.15, 0.2) is 5.82 Å². The first-order valence-electron chi connectivity index (χ1n) is 9.77. The van der Waals surface area contributed by atoms with Gasteiger partial charge in [-0.1, -0.05) is 48.5 Å². The zero-order chi connectivity index (χ0) is 20.1. The third-order valence-corrected chi connectivity index (χ3v) is 5.30. The summed E-state index contributed by atoms with van der Waals surface area (Å²) in [6.07, 6.45) is 2.72. The molecule has 0 radical (unpaired) electrons. The van der Waals surface area contributed by atoms with Gasteiger partial charge >= 0.3 is 0 Å². The lowest BCUT2D eigenvalue weighted by Gasteiger charge is -2.32. The lowest BCUT2D eigenvalue weighted by atomic mass is 9.94. The number of hydrogen-bond acceptors (Lipinski definition) is 4. The van der Waals surface area contributed by atoms with Crippen molar-refractivity contribution in [1.82, 2.24) is 25.4 Å². The van der Waals surface area contributed by atoms with E-state index in [1.807, 2.05) is 65.6 Å². The van der Waals surface area contributed by atoms with Gasteiger partial charge < -0.3 is 10.2 Å². The molecule has 7 nitrogen and oxygen atoms in total. The van der Waals surface area contributed by atoms with E-state index < -0.39 is 0 Å². The number of nitrogens with zero attached hydrogens (tertiary/aromatic N) is 3. The first-order chi connectivity index (χ1) is 14.2. The van der Waals surface area contributed by atoms with Crippen LogP contribution in [-0.2, 0) is 4.79 Å². The van der Waals surface area contributed by atoms with Crippen molar-refractivity contribution in [1.29, 1.82) is 0 Å². The van der Waals surface area contributed by atoms with Gasteiger partial charge in [0, 0.05) is 24.6 Å². The number of hydrogen-bond donors (Lipinski definition) is 2. The molecule has 0 saturated carbocycles. The number of rotatable bonds is 5. The van der Waals surface area contributed by atoms with E-state index in [1.54, 1.807) is 0 Å². The van der Waals surface area contributed by atoms with Crippen LogP contribution in [0.1, 0.15) is 40.6 Å². The lowest BCUT2D eigenvalue weighted by Crippen LogP contribution is -2.44. The van der Waals surface area contributed by atoms with Crippen LogP contribution in [0.4, 0.5) is 0 Å². The molecule has 1 aliphatic rings. The fourth-order valence-corrected chi connectivity index (χ4v) is 3.68. The van der Waals surface area contributed by atoms with Crippen LogP contribution in [0.2, 0.25) is 0 Å². The topological polar surface area (TPSA) is 91.0 Å². The summed E-state index contributed by atoms with van der Waals surface area (Å²) < 4.78 is 0. The highest BCUT2D eigenvalue weighted by molar-refractivity contribution is 5.94. The summed E-state index contributed by atoms with van der Waals surface area (Å²) >= 11 is 0. The summed E-state index contributed by atoms with van der Waals surface area (Å²) in [5.74, 6) is 0.459. The maximum absolute atomic E-state index is 12.9. The molecule has 1 fully saturated rings. The number of H-pyrrole nitrogens is 1. The molecule has 1 atom stereocenters. The molecule has 3 aromatic rings. The monoisotopic (exact) mass is 389 g/mol. The van der Waals surface area contributed by atoms with Crippen molar-refractivity contribution in [2.45, 2.75) is 18.9 Å². The highest BCUT2D eigenvalue weighted by Crippen LogP contribution is 2.23. The Hall–Kier alpha value is -3.48. The molecule has 1 saturated heterocycles. The zero-order valence-corrected chi connectivity index (χ0v) is 16.0. The number of aromatic amines is 1. The van der Waals surface area contributed by atoms with E-state index >= 15 is 0 Å². The predicted octanol–water partition coefficient (Wildman–Crippen LogP) is 2.56. The molecule has 2 aromatic carbocycles. The summed E-state index contributed by atoms with van der Waals surface area (Å²) in [6.45, 7) is 1.15. The molecule has 4 rings (SSSR count). The molecule has 1 aliphatic heterocycles. The van der Waals surface area contributed by atoms with Gasteiger partial charge in [0.1, 0.15) is 12.4 Å². The SMILES string of the molecule is O=C(NC(c1ccccc1)c1ncn[nH]1)C1CCN(C(=O)c2ccccc2)CC1. The standard InChI is InChI=1S/C22H23N5O2/c28-21(25-19(20-23-15-24-26-20)16-7-3-1-4-8-16)17-11-13-27(14-12-17)22(29)18-9-5-2-6-10-18/h1-10,15,17,19H,11-14H2,(H,25,28)(H,23,24,26). The van der Waals surface area contributed by atoms with Gasteiger partial charge in [0.25, 0.3) is 5.91 Å². The van der Waals surface area contributed by atoms with E-state index in [-0.39, 0.29) is 23.8 Å². The molecule has 2 heterocycles. The largest absolute Gasteiger partial charge is 0.342 e. The van der Waals surface area contributed by atoms with Gasteiger partial charge in [-0.3, -0.25) is 14.7 Å². The zero-order valence-electron chi connectivity index (χ0n) is 16.0. The van der Waals surface area contributed by atoms with Crippen molar-refractivity contribution in [3.8, 4) is 0 Å². The second-order valence-electron chi connectivity index (χ2n) is 7.16. The molecular formula is C22H23N5O2. The third kappa shape index (κ3) is 4.34. The first-order valence-corrected chi connectivity index (χ1v) is 9.77. The minimum atomic E-state index is -0.379. The van der Waals surface area contributed by atoms with Crippen LogP contribution >= 0.6 is 0 Å². The maximum atomic E-state index is 12.9. The van der Waals surface area contributed by atoms with Crippen molar-refractivity contribution in [3.63, 3.8) is 0 Å². The molecule has 2 N–H and O–H groups in total. The van der Waals surface area contributed by atoms with Crippen LogP contribution in [0.5, 0.6) is 0 Å². The predicted molar refractivity (Wildman–Crippen MR) is 108 cm³/mol. The van der Waals surface area contributed by atoms with E-state index in [4.69, 9.17) is 0 Å². The van der Waals surface area contributed by atoms with E-state index in [9.17, 15) is 9.59 Å². The van der Waals surface area contributed by atoms with E-state index in [0.717, 1.165) is 5.56 Å². The van der Waals surface area contributed by atoms with Crippen LogP contribution in [-0.4, -0.2) is 45.0 Å². The molecule has 29 heavy (non-hydrogen) atoms. The number of nitrogens with one attached hydrogen (secondary N) is 2. The lowest BCUT2D eigenvalue weighted by molar-refractivity contribution is -0.126. The quantitative estimate of drug-likeness (QED) is 0.702. The van der Waals surface area contributed by atoms with Crippen molar-refractivity contribution >= 4 is 11.8 Å². The Bertz CT molecular complexity index is 936. The average Bonchev–Trinajstić information content (AvgIpc) is 3.33. The third-order valence-electron chi connectivity index (χ3n) is 5.30. The van der Waals surface area contributed by atoms with Crippen molar-refractivity contribution < 1.29 is 9.59 Å². The summed E-state index contributed by atoms with van der Waals surface area (Å²) in [6, 6.07) is 18.6. The molecular weight excluding hydrogens is 366 g/mol. The Labute approximate surface area is 169 Å². The van der Waals surface area contributed by atoms with Crippen molar-refractivity contribution in [2.75, 3.05) is 13.1 Å². The Kier molecular flexibility index (Phi) is 5.65. The fraction of sp³-hybridized carbons (Fsp3) is 0.273. The molecule has 7 heteroatoms. The second kappa shape index (κ2) is 8.68. The number of benzene rings is 2. The molecule has 0 bridgehead atoms. The summed E-state index contributed by atoms with van der Waals surface area (Å²) in [7, 11) is 0. The highest BCUT2D eigenvalue weighted by atomic mass is 16.2. The fourth-order valence-electron chi connectivity index (χ4n) is 3.68. The van der Waals surface area contributed by atoms with Gasteiger partial charge in [-0.2, -0.15) is 5.10 Å². The Balaban J connectivity index is 1.39. The molecule has 2 amide bonds. The number of likely N-dealkylation sites (tertiary alicyclic amines) is 1. The second-order valence-corrected chi connectivity index (χ2v) is 7.16. The summed E-state index contributed by atoms with van der Waals surface area (Å²) in [5.41, 5.74) is 1.62. The normalized spacial score (nSPS) is 15.7. The number of carbonyl (C=O) groups excluding carboxylic acids is 2. The van der Waals surface area contributed by atoms with Gasteiger partial charge in [0.05, 0.1) is 0 Å². The van der Waals surface area contributed by atoms with Crippen LogP contribution in [0.25, 0.3) is 0 Å². The first kappa shape index (κ1) is 18.9. The van der Waals surface area contributed by atoms with Crippen LogP contribution in [0.15, 0.2) is 67.0 Å². The van der Waals surface area contributed by atoms with E-state index in [1.165, 1.54) is 6.33 Å².